The van der Waals surface area contributed by atoms with E-state index in [0.29, 0.717) is 13.0 Å². The number of nitrogens with two attached hydrogens (primary N) is 1. The van der Waals surface area contributed by atoms with Crippen LogP contribution in [0.1, 0.15) is 20.3 Å². The molecule has 0 aliphatic heterocycles. The first kappa shape index (κ1) is 15.5. The first-order chi connectivity index (χ1) is 8.37. The number of thioether (sulfide) groups is 1. The van der Waals surface area contributed by atoms with Crippen LogP contribution in [-0.4, -0.2) is 23.7 Å². The number of carbonyl (C=O) groups excluding carboxylic acids is 1. The Morgan fingerprint density at radius 3 is 2.56 bits per heavy atom. The first-order valence-electron chi connectivity index (χ1n) is 5.81. The van der Waals surface area contributed by atoms with Gasteiger partial charge in [-0.2, -0.15) is 0 Å². The number of hydrogen-bond donors (Lipinski definition) is 2. The molecule has 0 aliphatic carbocycles. The number of carbonyl (C=O) groups is 1. The fourth-order valence-corrected chi connectivity index (χ4v) is 2.32. The van der Waals surface area contributed by atoms with Gasteiger partial charge < -0.3 is 11.1 Å². The van der Waals surface area contributed by atoms with Crippen LogP contribution < -0.4 is 11.1 Å². The Morgan fingerprint density at radius 1 is 1.39 bits per heavy atom. The molecule has 1 aromatic rings. The molecule has 0 unspecified atom stereocenters. The Morgan fingerprint density at radius 2 is 2.00 bits per heavy atom. The summed E-state index contributed by atoms with van der Waals surface area (Å²) in [5.74, 6) is 0.830. The van der Waals surface area contributed by atoms with E-state index in [9.17, 15) is 4.79 Å². The molecule has 0 bridgehead atoms. The molecule has 0 heterocycles. The van der Waals surface area contributed by atoms with Crippen LogP contribution in [0.3, 0.4) is 0 Å². The van der Waals surface area contributed by atoms with Crippen molar-refractivity contribution in [2.45, 2.75) is 30.7 Å². The number of halogens is 1. The molecule has 0 atom stereocenters. The summed E-state index contributed by atoms with van der Waals surface area (Å²) in [4.78, 5) is 12.7. The van der Waals surface area contributed by atoms with Crippen LogP contribution in [-0.2, 0) is 4.79 Å². The van der Waals surface area contributed by atoms with Crippen LogP contribution in [0, 0.1) is 0 Å². The quantitative estimate of drug-likeness (QED) is 0.788. The third-order valence-electron chi connectivity index (χ3n) is 2.15. The summed E-state index contributed by atoms with van der Waals surface area (Å²) in [5, 5.41) is 2.83. The van der Waals surface area contributed by atoms with Gasteiger partial charge >= 0.3 is 0 Å². The predicted octanol–water partition coefficient (Wildman–Crippen LogP) is 2.78. The second-order valence-electron chi connectivity index (χ2n) is 4.82. The summed E-state index contributed by atoms with van der Waals surface area (Å²) in [6.45, 7) is 4.29. The van der Waals surface area contributed by atoms with E-state index in [0.717, 1.165) is 10.2 Å². The van der Waals surface area contributed by atoms with Gasteiger partial charge in [-0.1, -0.05) is 15.9 Å². The molecule has 0 aromatic heterocycles. The van der Waals surface area contributed by atoms with Crippen molar-refractivity contribution < 1.29 is 4.79 Å². The van der Waals surface area contributed by atoms with E-state index in [-0.39, 0.29) is 11.4 Å². The third-order valence-corrected chi connectivity index (χ3v) is 3.70. The highest BCUT2D eigenvalue weighted by Crippen LogP contribution is 2.21. The maximum atomic E-state index is 11.5. The van der Waals surface area contributed by atoms with Gasteiger partial charge in [-0.3, -0.25) is 4.79 Å². The molecule has 0 saturated heterocycles. The van der Waals surface area contributed by atoms with Crippen LogP contribution in [0.2, 0.25) is 0 Å². The molecule has 0 saturated carbocycles. The normalized spacial score (nSPS) is 11.3. The Hall–Kier alpha value is -0.520. The van der Waals surface area contributed by atoms with Gasteiger partial charge in [0.05, 0.1) is 0 Å². The molecular formula is C13H19BrN2OS. The van der Waals surface area contributed by atoms with Gasteiger partial charge in [-0.15, -0.1) is 11.8 Å². The van der Waals surface area contributed by atoms with Crippen LogP contribution in [0.15, 0.2) is 33.6 Å². The lowest BCUT2D eigenvalue weighted by Gasteiger charge is -2.18. The number of amides is 1. The number of hydrogen-bond acceptors (Lipinski definition) is 3. The lowest BCUT2D eigenvalue weighted by Crippen LogP contribution is -2.45. The Kier molecular flexibility index (Phi) is 6.18. The Labute approximate surface area is 121 Å². The Bertz CT molecular complexity index is 387. The van der Waals surface area contributed by atoms with E-state index in [1.165, 1.54) is 4.90 Å². The summed E-state index contributed by atoms with van der Waals surface area (Å²) in [5.41, 5.74) is 5.44. The third kappa shape index (κ3) is 7.03. The summed E-state index contributed by atoms with van der Waals surface area (Å²) in [7, 11) is 0. The molecule has 3 nitrogen and oxygen atoms in total. The van der Waals surface area contributed by atoms with Gasteiger partial charge in [0.2, 0.25) is 5.91 Å². The number of rotatable bonds is 6. The van der Waals surface area contributed by atoms with Crippen molar-refractivity contribution >= 4 is 33.6 Å². The highest BCUT2D eigenvalue weighted by Gasteiger charge is 2.11. The second kappa shape index (κ2) is 7.16. The van der Waals surface area contributed by atoms with Crippen molar-refractivity contribution in [1.82, 2.24) is 5.32 Å². The van der Waals surface area contributed by atoms with Crippen LogP contribution in [0.5, 0.6) is 0 Å². The minimum absolute atomic E-state index is 0.0538. The van der Waals surface area contributed by atoms with E-state index in [1.54, 1.807) is 11.8 Å². The molecule has 0 spiro atoms. The topological polar surface area (TPSA) is 55.1 Å². The van der Waals surface area contributed by atoms with Gasteiger partial charge in [0.25, 0.3) is 0 Å². The molecule has 1 amide bonds. The molecule has 1 aromatic carbocycles. The second-order valence-corrected chi connectivity index (χ2v) is 6.90. The lowest BCUT2D eigenvalue weighted by atomic mass is 10.1. The van der Waals surface area contributed by atoms with Gasteiger partial charge in [-0.25, -0.2) is 0 Å². The highest BCUT2D eigenvalue weighted by atomic mass is 79.9. The van der Waals surface area contributed by atoms with E-state index in [1.807, 2.05) is 38.1 Å². The average molecular weight is 331 g/mol. The summed E-state index contributed by atoms with van der Waals surface area (Å²) < 4.78 is 1.06. The van der Waals surface area contributed by atoms with Crippen LogP contribution in [0.4, 0.5) is 0 Å². The van der Waals surface area contributed by atoms with Gasteiger partial charge in [-0.05, 0) is 38.1 Å². The Balaban J connectivity index is 2.21. The first-order valence-corrected chi connectivity index (χ1v) is 7.59. The number of benzene rings is 1. The average Bonchev–Trinajstić information content (AvgIpc) is 2.28. The maximum absolute atomic E-state index is 11.5. The van der Waals surface area contributed by atoms with Gasteiger partial charge in [0, 0.05) is 33.6 Å². The summed E-state index contributed by atoms with van der Waals surface area (Å²) in [6.07, 6.45) is 0.511. The molecule has 3 N–H and O–H groups in total. The van der Waals surface area contributed by atoms with Gasteiger partial charge in [0.1, 0.15) is 0 Å². The van der Waals surface area contributed by atoms with Crippen LogP contribution >= 0.6 is 27.7 Å². The molecule has 0 fully saturated rings. The van der Waals surface area contributed by atoms with Crippen LogP contribution in [0.25, 0.3) is 0 Å². The van der Waals surface area contributed by atoms with E-state index < -0.39 is 0 Å². The minimum atomic E-state index is -0.353. The van der Waals surface area contributed by atoms with Crippen molar-refractivity contribution in [3.63, 3.8) is 0 Å². The fraction of sp³-hybridized carbons (Fsp3) is 0.462. The summed E-state index contributed by atoms with van der Waals surface area (Å²) >= 11 is 5.07. The van der Waals surface area contributed by atoms with E-state index in [4.69, 9.17) is 5.73 Å². The van der Waals surface area contributed by atoms with Crippen molar-refractivity contribution in [3.8, 4) is 0 Å². The molecule has 100 valence electrons. The van der Waals surface area contributed by atoms with E-state index in [2.05, 4.69) is 21.2 Å². The smallest absolute Gasteiger partial charge is 0.220 e. The molecule has 18 heavy (non-hydrogen) atoms. The standard InChI is InChI=1S/C13H19BrN2OS/c1-13(2,15)9-16-12(17)7-8-18-11-5-3-10(14)4-6-11/h3-6H,7-9,15H2,1-2H3,(H,16,17). The van der Waals surface area contributed by atoms with E-state index >= 15 is 0 Å². The molecule has 0 aliphatic rings. The summed E-state index contributed by atoms with van der Waals surface area (Å²) in [6, 6.07) is 8.07. The monoisotopic (exact) mass is 330 g/mol. The molecule has 0 radical (unpaired) electrons. The largest absolute Gasteiger partial charge is 0.354 e. The maximum Gasteiger partial charge on any atom is 0.220 e. The predicted molar refractivity (Wildman–Crippen MR) is 80.8 cm³/mol. The minimum Gasteiger partial charge on any atom is -0.354 e. The molecule has 5 heteroatoms. The van der Waals surface area contributed by atoms with Crippen molar-refractivity contribution in [1.29, 1.82) is 0 Å². The molecule has 1 rings (SSSR count). The lowest BCUT2D eigenvalue weighted by molar-refractivity contribution is -0.120. The van der Waals surface area contributed by atoms with Crippen molar-refractivity contribution in [2.24, 2.45) is 5.73 Å². The van der Waals surface area contributed by atoms with Crippen molar-refractivity contribution in [3.05, 3.63) is 28.7 Å². The molecular weight excluding hydrogens is 312 g/mol. The number of nitrogens with one attached hydrogen (secondary N) is 1. The van der Waals surface area contributed by atoms with Gasteiger partial charge in [0.15, 0.2) is 0 Å². The fourth-order valence-electron chi connectivity index (χ4n) is 1.21. The highest BCUT2D eigenvalue weighted by molar-refractivity contribution is 9.10. The zero-order valence-corrected chi connectivity index (χ0v) is 13.1. The SMILES string of the molecule is CC(C)(N)CNC(=O)CCSc1ccc(Br)cc1. The van der Waals surface area contributed by atoms with Crippen molar-refractivity contribution in [2.75, 3.05) is 12.3 Å². The zero-order chi connectivity index (χ0) is 13.6. The zero-order valence-electron chi connectivity index (χ0n) is 10.7.